The highest BCUT2D eigenvalue weighted by Crippen LogP contribution is 2.39. The average molecular weight is 781 g/mol. The van der Waals surface area contributed by atoms with Crippen LogP contribution in [0.3, 0.4) is 0 Å². The Kier molecular flexibility index (Phi) is 11.1. The molecule has 16 heteroatoms. The quantitative estimate of drug-likeness (QED) is 0.126. The molecule has 0 radical (unpaired) electrons. The van der Waals surface area contributed by atoms with Crippen molar-refractivity contribution in [3.8, 4) is 0 Å². The van der Waals surface area contributed by atoms with E-state index in [1.165, 1.54) is 18.2 Å². The number of carbonyl (C=O) groups excluding carboxylic acids is 2. The van der Waals surface area contributed by atoms with E-state index in [0.717, 1.165) is 56.2 Å². The van der Waals surface area contributed by atoms with E-state index in [1.54, 1.807) is 11.0 Å². The fraction of sp³-hybridized carbons (Fsp3) is 0.436. The highest BCUT2D eigenvalue weighted by molar-refractivity contribution is 6.33. The van der Waals surface area contributed by atoms with E-state index in [1.807, 2.05) is 33.7 Å². The number of nitrogen functional groups attached to an aromatic ring is 1. The van der Waals surface area contributed by atoms with Gasteiger partial charge in [0.05, 0.1) is 38.9 Å². The Balaban J connectivity index is 1.16. The van der Waals surface area contributed by atoms with Gasteiger partial charge in [-0.2, -0.15) is 13.2 Å². The molecular weight excluding hydrogens is 737 g/mol. The molecule has 4 heterocycles. The Labute approximate surface area is 321 Å². The average Bonchev–Trinajstić information content (AvgIpc) is 3.77. The Bertz CT molecular complexity index is 2080. The number of halogens is 4. The van der Waals surface area contributed by atoms with Crippen molar-refractivity contribution >= 4 is 52.0 Å². The molecule has 4 amide bonds. The van der Waals surface area contributed by atoms with Crippen LogP contribution in [-0.4, -0.2) is 92.7 Å². The van der Waals surface area contributed by atoms with Gasteiger partial charge in [-0.15, -0.1) is 0 Å². The van der Waals surface area contributed by atoms with Crippen molar-refractivity contribution < 1.29 is 32.7 Å². The summed E-state index contributed by atoms with van der Waals surface area (Å²) in [5.41, 5.74) is 7.21. The molecule has 292 valence electrons. The summed E-state index contributed by atoms with van der Waals surface area (Å²) in [7, 11) is 0. The van der Waals surface area contributed by atoms with Crippen LogP contribution >= 0.6 is 11.6 Å². The number of hydrogen-bond acceptors (Lipinski definition) is 6. The Hall–Kier alpha value is -5.02. The number of benzene rings is 3. The number of alkyl halides is 3. The molecule has 3 aliphatic rings. The van der Waals surface area contributed by atoms with E-state index < -0.39 is 35.5 Å². The number of anilines is 2. The Morgan fingerprint density at radius 3 is 2.49 bits per heavy atom. The van der Waals surface area contributed by atoms with Crippen molar-refractivity contribution in [1.82, 2.24) is 29.6 Å². The van der Waals surface area contributed by atoms with Crippen LogP contribution < -0.4 is 16.4 Å². The number of carboxylic acid groups (broad SMARTS) is 1. The van der Waals surface area contributed by atoms with Gasteiger partial charge in [0.2, 0.25) is 0 Å². The van der Waals surface area contributed by atoms with Crippen LogP contribution in [0.25, 0.3) is 11.0 Å². The third-order valence-electron chi connectivity index (χ3n) is 11.0. The zero-order valence-electron chi connectivity index (χ0n) is 30.2. The number of piperidine rings is 1. The van der Waals surface area contributed by atoms with E-state index in [0.29, 0.717) is 62.3 Å². The van der Waals surface area contributed by atoms with E-state index in [-0.39, 0.29) is 34.6 Å². The number of nitrogens with zero attached hydrogens (tertiary/aromatic N) is 5. The van der Waals surface area contributed by atoms with Crippen molar-refractivity contribution in [2.24, 2.45) is 0 Å². The molecular formula is C39H44ClF3N8O4. The monoisotopic (exact) mass is 780 g/mol. The van der Waals surface area contributed by atoms with E-state index in [9.17, 15) is 32.7 Å². The largest absolute Gasteiger partial charge is 0.478 e. The SMILES string of the molecule is Nc1c(Cl)cc(CC(NC(=O)N2CCC(N3CCc4ccccc4NC3=O)CC2)c2nc3cc(C(=O)O)ccc3n2CCCN2CCCC2)cc1C(F)(F)F. The Morgan fingerprint density at radius 2 is 1.76 bits per heavy atom. The Morgan fingerprint density at radius 1 is 1.02 bits per heavy atom. The van der Waals surface area contributed by atoms with Crippen molar-refractivity contribution in [2.75, 3.05) is 50.3 Å². The highest BCUT2D eigenvalue weighted by Gasteiger charge is 2.36. The normalized spacial score (nSPS) is 17.6. The number of nitrogens with one attached hydrogen (secondary N) is 2. The van der Waals surface area contributed by atoms with Gasteiger partial charge < -0.3 is 40.7 Å². The minimum atomic E-state index is -4.77. The van der Waals surface area contributed by atoms with Crippen LogP contribution in [0.2, 0.25) is 5.02 Å². The standard InChI is InChI=1S/C39H44ClF3N8O4/c40-29-21-24(20-28(34(29)44)39(41,42)43)22-32(35-45-31-23-26(36(52)53)8-9-33(31)51(35)16-5-15-48-13-3-4-14-48)47-37(54)49-17-11-27(12-18-49)50-19-10-25-6-1-2-7-30(25)46-38(50)55/h1-2,6-9,20-21,23,27,32H,3-5,10-19,22,44H2,(H,46,55)(H,47,54)(H,52,53). The summed E-state index contributed by atoms with van der Waals surface area (Å²) >= 11 is 6.25. The van der Waals surface area contributed by atoms with Crippen molar-refractivity contribution in [3.63, 3.8) is 0 Å². The third-order valence-corrected chi connectivity index (χ3v) is 11.3. The molecule has 12 nitrogen and oxygen atoms in total. The molecule has 1 unspecified atom stereocenters. The summed E-state index contributed by atoms with van der Waals surface area (Å²) in [6.45, 7) is 4.55. The van der Waals surface area contributed by atoms with Crippen molar-refractivity contribution in [2.45, 2.75) is 69.8 Å². The summed E-state index contributed by atoms with van der Waals surface area (Å²) in [4.78, 5) is 49.9. The van der Waals surface area contributed by atoms with E-state index in [4.69, 9.17) is 22.3 Å². The lowest BCUT2D eigenvalue weighted by Crippen LogP contribution is -2.52. The molecule has 0 aliphatic carbocycles. The molecule has 4 aromatic rings. The number of imidazole rings is 1. The smallest absolute Gasteiger partial charge is 0.418 e. The van der Waals surface area contributed by atoms with Crippen LogP contribution in [0.15, 0.2) is 54.6 Å². The highest BCUT2D eigenvalue weighted by atomic mass is 35.5. The number of likely N-dealkylation sites (tertiary alicyclic amines) is 2. The summed E-state index contributed by atoms with van der Waals surface area (Å²) in [6.07, 6.45) is -0.103. The second-order valence-corrected chi connectivity index (χ2v) is 14.9. The van der Waals surface area contributed by atoms with Gasteiger partial charge in [0.25, 0.3) is 0 Å². The predicted molar refractivity (Wildman–Crippen MR) is 203 cm³/mol. The van der Waals surface area contributed by atoms with Gasteiger partial charge in [-0.1, -0.05) is 29.8 Å². The van der Waals surface area contributed by atoms with Crippen LogP contribution in [0.4, 0.5) is 34.1 Å². The zero-order valence-corrected chi connectivity index (χ0v) is 31.0. The number of aromatic carboxylic acids is 1. The minimum Gasteiger partial charge on any atom is -0.478 e. The first-order chi connectivity index (χ1) is 26.4. The molecule has 0 spiro atoms. The van der Waals surface area contributed by atoms with Gasteiger partial charge in [-0.3, -0.25) is 0 Å². The van der Waals surface area contributed by atoms with Crippen LogP contribution in [0.5, 0.6) is 0 Å². The molecule has 7 rings (SSSR count). The van der Waals surface area contributed by atoms with Crippen LogP contribution in [0.1, 0.15) is 71.0 Å². The molecule has 2 saturated heterocycles. The van der Waals surface area contributed by atoms with Gasteiger partial charge in [0.15, 0.2) is 0 Å². The van der Waals surface area contributed by atoms with Crippen molar-refractivity contribution in [3.05, 3.63) is 87.7 Å². The molecule has 3 aliphatic heterocycles. The minimum absolute atomic E-state index is 0.0336. The first kappa shape index (κ1) is 38.3. The molecule has 1 atom stereocenters. The van der Waals surface area contributed by atoms with Gasteiger partial charge in [0, 0.05) is 44.3 Å². The maximum Gasteiger partial charge on any atom is 0.418 e. The zero-order chi connectivity index (χ0) is 38.9. The number of aryl methyl sites for hydroxylation is 1. The van der Waals surface area contributed by atoms with E-state index in [2.05, 4.69) is 15.5 Å². The number of carboxylic acids is 1. The van der Waals surface area contributed by atoms with E-state index >= 15 is 0 Å². The maximum atomic E-state index is 14.1. The van der Waals surface area contributed by atoms with Gasteiger partial charge in [-0.05, 0) is 106 Å². The number of urea groups is 2. The topological polar surface area (TPSA) is 149 Å². The van der Waals surface area contributed by atoms with Crippen LogP contribution in [0, 0.1) is 0 Å². The van der Waals surface area contributed by atoms with Crippen LogP contribution in [-0.2, 0) is 25.6 Å². The first-order valence-corrected chi connectivity index (χ1v) is 19.1. The number of para-hydroxylation sites is 1. The fourth-order valence-electron chi connectivity index (χ4n) is 8.07. The molecule has 0 saturated carbocycles. The number of amides is 4. The summed E-state index contributed by atoms with van der Waals surface area (Å²) < 4.78 is 44.1. The number of rotatable bonds is 10. The lowest BCUT2D eigenvalue weighted by Gasteiger charge is -2.38. The molecule has 1 aromatic heterocycles. The van der Waals surface area contributed by atoms with Gasteiger partial charge in [-0.25, -0.2) is 19.4 Å². The first-order valence-electron chi connectivity index (χ1n) is 18.7. The lowest BCUT2D eigenvalue weighted by molar-refractivity contribution is -0.137. The summed E-state index contributed by atoms with van der Waals surface area (Å²) in [6, 6.07) is 13.0. The van der Waals surface area contributed by atoms with Gasteiger partial charge in [0.1, 0.15) is 5.82 Å². The number of hydrogen-bond donors (Lipinski definition) is 4. The molecule has 2 fully saturated rings. The second kappa shape index (κ2) is 16.0. The number of nitrogens with two attached hydrogens (primary N) is 1. The third kappa shape index (κ3) is 8.47. The fourth-order valence-corrected chi connectivity index (χ4v) is 8.31. The maximum absolute atomic E-state index is 14.1. The number of aromatic nitrogens is 2. The number of fused-ring (bicyclic) bond motifs is 2. The summed E-state index contributed by atoms with van der Waals surface area (Å²) in [5.74, 6) is -0.747. The molecule has 3 aromatic carbocycles. The number of carbonyl (C=O) groups is 3. The molecule has 5 N–H and O–H groups in total. The lowest BCUT2D eigenvalue weighted by atomic mass is 10.0. The van der Waals surface area contributed by atoms with Crippen molar-refractivity contribution in [1.29, 1.82) is 0 Å². The predicted octanol–water partition coefficient (Wildman–Crippen LogP) is 7.02. The molecule has 55 heavy (non-hydrogen) atoms. The van der Waals surface area contributed by atoms with Gasteiger partial charge >= 0.3 is 24.2 Å². The second-order valence-electron chi connectivity index (χ2n) is 14.5. The molecule has 0 bridgehead atoms. The summed E-state index contributed by atoms with van der Waals surface area (Å²) in [5, 5.41) is 15.5.